The van der Waals surface area contributed by atoms with Crippen LogP contribution in [-0.2, 0) is 28.7 Å². The van der Waals surface area contributed by atoms with E-state index in [9.17, 15) is 13.6 Å². The van der Waals surface area contributed by atoms with Crippen LogP contribution in [0.3, 0.4) is 0 Å². The lowest BCUT2D eigenvalue weighted by Crippen LogP contribution is -2.14. The Morgan fingerprint density at radius 1 is 0.970 bits per heavy atom. The van der Waals surface area contributed by atoms with Gasteiger partial charge in [0.25, 0.3) is 0 Å². The molecule has 3 rings (SSSR count). The third-order valence-corrected chi connectivity index (χ3v) is 6.52. The normalized spacial score (nSPS) is 12.8. The zero-order valence-corrected chi connectivity index (χ0v) is 20.0. The molecular weight excluding hydrogens is 430 g/mol. The van der Waals surface area contributed by atoms with Crippen molar-refractivity contribution in [3.63, 3.8) is 0 Å². The van der Waals surface area contributed by atoms with Gasteiger partial charge in [0.2, 0.25) is 0 Å². The number of carbonyl (C=O) groups is 1. The molecule has 0 aliphatic heterocycles. The van der Waals surface area contributed by atoms with Crippen molar-refractivity contribution in [2.45, 2.75) is 50.8 Å². The summed E-state index contributed by atoms with van der Waals surface area (Å²) in [5.74, 6) is 0.140. The highest BCUT2D eigenvalue weighted by atomic mass is 32.2. The summed E-state index contributed by atoms with van der Waals surface area (Å²) in [6.07, 6.45) is 3.72. The lowest BCUT2D eigenvalue weighted by molar-refractivity contribution is -0.121. The van der Waals surface area contributed by atoms with Crippen LogP contribution >= 0.6 is 0 Å². The molecular formula is C28H30NO3S-. The van der Waals surface area contributed by atoms with E-state index in [2.05, 4.69) is 19.1 Å². The quantitative estimate of drug-likeness (QED) is 0.276. The van der Waals surface area contributed by atoms with Crippen LogP contribution in [0.15, 0.2) is 77.7 Å². The number of Topliss-reactive ketones (excluding diaryl/α,β-unsaturated/α-hetero) is 1. The molecule has 5 heteroatoms. The molecule has 1 N–H and O–H groups in total. The molecule has 0 fully saturated rings. The number of carbonyl (C=O) groups excluding carboxylic acids is 1. The molecule has 4 nitrogen and oxygen atoms in total. The Bertz CT molecular complexity index is 1140. The lowest BCUT2D eigenvalue weighted by atomic mass is 9.92. The van der Waals surface area contributed by atoms with Crippen LogP contribution in [0.25, 0.3) is 11.1 Å². The fraction of sp³-hybridized carbons (Fsp3) is 0.286. The lowest BCUT2D eigenvalue weighted by Gasteiger charge is -2.12. The van der Waals surface area contributed by atoms with Crippen molar-refractivity contribution in [1.29, 1.82) is 5.41 Å². The number of ketones is 1. The monoisotopic (exact) mass is 460 g/mol. The Morgan fingerprint density at radius 3 is 2.30 bits per heavy atom. The van der Waals surface area contributed by atoms with Gasteiger partial charge in [-0.05, 0) is 70.3 Å². The zero-order valence-electron chi connectivity index (χ0n) is 19.2. The third kappa shape index (κ3) is 7.04. The maximum Gasteiger partial charge on any atom is 0.140 e. The van der Waals surface area contributed by atoms with Gasteiger partial charge in [0.15, 0.2) is 0 Å². The van der Waals surface area contributed by atoms with Gasteiger partial charge in [-0.3, -0.25) is 9.00 Å². The summed E-state index contributed by atoms with van der Waals surface area (Å²) in [4.78, 5) is 13.1. The van der Waals surface area contributed by atoms with Gasteiger partial charge in [-0.25, -0.2) is 0 Å². The first-order valence-electron chi connectivity index (χ1n) is 11.4. The van der Waals surface area contributed by atoms with Crippen LogP contribution in [0.2, 0.25) is 0 Å². The molecule has 33 heavy (non-hydrogen) atoms. The largest absolute Gasteiger partial charge is 0.768 e. The Balaban J connectivity index is 1.59. The summed E-state index contributed by atoms with van der Waals surface area (Å²) in [7, 11) is 0. The number of hydrogen-bond acceptors (Lipinski definition) is 4. The molecule has 0 radical (unpaired) electrons. The molecule has 3 aromatic carbocycles. The van der Waals surface area contributed by atoms with Gasteiger partial charge in [-0.15, -0.1) is 0 Å². The van der Waals surface area contributed by atoms with E-state index in [0.717, 1.165) is 47.9 Å². The first kappa shape index (κ1) is 24.7. The summed E-state index contributed by atoms with van der Waals surface area (Å²) >= 11 is -2.27. The Kier molecular flexibility index (Phi) is 8.87. The van der Waals surface area contributed by atoms with Crippen molar-refractivity contribution in [1.82, 2.24) is 0 Å². The van der Waals surface area contributed by atoms with E-state index < -0.39 is 11.1 Å². The highest BCUT2D eigenvalue weighted by Gasteiger charge is 2.14. The zero-order chi connectivity index (χ0) is 23.8. The standard InChI is InChI=1S/C28H31NO3S/c1-3-6-27(29)23-15-13-21(14-16-23)12-11-20(2)28(30)18-22-7-4-8-24(17-22)25-9-5-10-26(19-25)33(31)32/h4-5,7-10,13-17,19-20,29H,3,6,11-12,18H2,1-2H3,(H,31,32)/p-1. The average Bonchev–Trinajstić information content (AvgIpc) is 2.83. The molecule has 0 aliphatic carbocycles. The van der Waals surface area contributed by atoms with Crippen molar-refractivity contribution in [3.8, 4) is 11.1 Å². The molecule has 0 amide bonds. The van der Waals surface area contributed by atoms with E-state index >= 15 is 0 Å². The number of hydrogen-bond donors (Lipinski definition) is 1. The van der Waals surface area contributed by atoms with E-state index in [1.165, 1.54) is 5.56 Å². The molecule has 2 atom stereocenters. The number of aryl methyl sites for hydroxylation is 1. The van der Waals surface area contributed by atoms with E-state index in [-0.39, 0.29) is 16.6 Å². The minimum Gasteiger partial charge on any atom is -0.768 e. The van der Waals surface area contributed by atoms with Crippen molar-refractivity contribution in [2.24, 2.45) is 5.92 Å². The minimum atomic E-state index is -2.27. The molecule has 0 bridgehead atoms. The molecule has 0 saturated heterocycles. The Hall–Kier alpha value is -2.89. The summed E-state index contributed by atoms with van der Waals surface area (Å²) < 4.78 is 22.5. The van der Waals surface area contributed by atoms with Crippen molar-refractivity contribution >= 4 is 22.6 Å². The van der Waals surface area contributed by atoms with Gasteiger partial charge in [0.05, 0.1) is 0 Å². The van der Waals surface area contributed by atoms with Crippen LogP contribution in [0.1, 0.15) is 49.8 Å². The number of rotatable bonds is 11. The summed E-state index contributed by atoms with van der Waals surface area (Å²) in [5.41, 5.74) is 5.46. The highest BCUT2D eigenvalue weighted by Crippen LogP contribution is 2.24. The van der Waals surface area contributed by atoms with E-state index in [0.29, 0.717) is 12.1 Å². The Labute approximate surface area is 198 Å². The van der Waals surface area contributed by atoms with Crippen LogP contribution in [0, 0.1) is 11.3 Å². The van der Waals surface area contributed by atoms with Gasteiger partial charge < -0.3 is 9.96 Å². The van der Waals surface area contributed by atoms with Crippen molar-refractivity contribution in [2.75, 3.05) is 0 Å². The van der Waals surface area contributed by atoms with Gasteiger partial charge in [-0.1, -0.05) is 80.9 Å². The maximum atomic E-state index is 12.8. The maximum absolute atomic E-state index is 12.8. The molecule has 2 unspecified atom stereocenters. The predicted octanol–water partition coefficient (Wildman–Crippen LogP) is 6.14. The fourth-order valence-corrected chi connectivity index (χ4v) is 4.24. The number of nitrogens with one attached hydrogen (secondary N) is 1. The second-order valence-electron chi connectivity index (χ2n) is 8.47. The highest BCUT2D eigenvalue weighted by molar-refractivity contribution is 7.79. The summed E-state index contributed by atoms with van der Waals surface area (Å²) in [6, 6.07) is 22.6. The van der Waals surface area contributed by atoms with Gasteiger partial charge in [-0.2, -0.15) is 0 Å². The molecule has 0 aromatic heterocycles. The molecule has 0 heterocycles. The van der Waals surface area contributed by atoms with E-state index in [1.807, 2.05) is 49.4 Å². The molecule has 0 aliphatic rings. The van der Waals surface area contributed by atoms with Gasteiger partial charge in [0.1, 0.15) is 5.78 Å². The second kappa shape index (κ2) is 11.8. The van der Waals surface area contributed by atoms with E-state index in [1.54, 1.807) is 18.2 Å². The van der Waals surface area contributed by atoms with Crippen LogP contribution in [0.4, 0.5) is 0 Å². The first-order valence-corrected chi connectivity index (χ1v) is 12.4. The first-order chi connectivity index (χ1) is 15.9. The smallest absolute Gasteiger partial charge is 0.140 e. The van der Waals surface area contributed by atoms with Crippen LogP contribution in [-0.4, -0.2) is 20.3 Å². The summed E-state index contributed by atoms with van der Waals surface area (Å²) in [5, 5.41) is 8.06. The topological polar surface area (TPSA) is 81.0 Å². The molecule has 0 saturated carbocycles. The second-order valence-corrected chi connectivity index (χ2v) is 9.41. The average molecular weight is 461 g/mol. The Morgan fingerprint density at radius 2 is 1.64 bits per heavy atom. The molecule has 0 spiro atoms. The minimum absolute atomic E-state index is 0.0575. The van der Waals surface area contributed by atoms with Crippen molar-refractivity contribution < 1.29 is 13.6 Å². The third-order valence-electron chi connectivity index (χ3n) is 5.88. The SMILES string of the molecule is CCCC(=N)c1ccc(CCC(C)C(=O)Cc2cccc(-c3cccc(S(=O)[O-])c3)c2)cc1. The van der Waals surface area contributed by atoms with Gasteiger partial charge >= 0.3 is 0 Å². The van der Waals surface area contributed by atoms with Crippen molar-refractivity contribution in [3.05, 3.63) is 89.5 Å². The van der Waals surface area contributed by atoms with Gasteiger partial charge in [0, 0.05) is 22.9 Å². The summed E-state index contributed by atoms with van der Waals surface area (Å²) in [6.45, 7) is 4.05. The molecule has 172 valence electrons. The van der Waals surface area contributed by atoms with Crippen LogP contribution in [0.5, 0.6) is 0 Å². The van der Waals surface area contributed by atoms with Crippen LogP contribution < -0.4 is 0 Å². The molecule has 3 aromatic rings. The van der Waals surface area contributed by atoms with E-state index in [4.69, 9.17) is 5.41 Å². The predicted molar refractivity (Wildman–Crippen MR) is 133 cm³/mol. The fourth-order valence-electron chi connectivity index (χ4n) is 3.83. The number of benzene rings is 3.